The zero-order valence-electron chi connectivity index (χ0n) is 13.9. The Morgan fingerprint density at radius 1 is 1.11 bits per heavy atom. The average Bonchev–Trinajstić information content (AvgIpc) is 3.33. The predicted molar refractivity (Wildman–Crippen MR) is 94.3 cm³/mol. The first-order chi connectivity index (χ1) is 13.1. The Labute approximate surface area is 152 Å². The fourth-order valence-electron chi connectivity index (χ4n) is 2.74. The van der Waals surface area contributed by atoms with Crippen molar-refractivity contribution in [3.63, 3.8) is 0 Å². The molecule has 2 aromatic heterocycles. The number of nitrogens with one attached hydrogen (secondary N) is 1. The van der Waals surface area contributed by atoms with Crippen molar-refractivity contribution in [1.82, 2.24) is 10.1 Å². The Bertz CT molecular complexity index is 1150. The highest BCUT2D eigenvalue weighted by molar-refractivity contribution is 6.42. The molecule has 0 radical (unpaired) electrons. The smallest absolute Gasteiger partial charge is 0.380 e. The summed E-state index contributed by atoms with van der Waals surface area (Å²) >= 11 is 0. The number of nitrogens with zero attached hydrogens (tertiary/aromatic N) is 1. The van der Waals surface area contributed by atoms with Crippen molar-refractivity contribution >= 4 is 22.7 Å². The standard InChI is InChI=1S/C20H13FN2O4/c21-16-7-3-1-6-14(16)18-9-12(23-27-18)11-26-20(25)19(24)15-10-22-17-8-4-2-5-13(15)17/h1-10,22H,11H2. The maximum Gasteiger partial charge on any atom is 0.380 e. The number of carbonyl (C=O) groups excluding carboxylic acids is 2. The molecule has 0 spiro atoms. The second-order valence-corrected chi connectivity index (χ2v) is 5.82. The highest BCUT2D eigenvalue weighted by atomic mass is 19.1. The minimum atomic E-state index is -1.00. The van der Waals surface area contributed by atoms with Gasteiger partial charge in [0.2, 0.25) is 0 Å². The van der Waals surface area contributed by atoms with Crippen molar-refractivity contribution in [2.75, 3.05) is 0 Å². The summed E-state index contributed by atoms with van der Waals surface area (Å²) < 4.78 is 23.9. The number of aromatic nitrogens is 2. The molecule has 0 atom stereocenters. The molecule has 2 heterocycles. The van der Waals surface area contributed by atoms with Crippen LogP contribution in [0, 0.1) is 5.82 Å². The number of fused-ring (bicyclic) bond motifs is 1. The van der Waals surface area contributed by atoms with Gasteiger partial charge in [-0.2, -0.15) is 0 Å². The quantitative estimate of drug-likeness (QED) is 0.330. The molecular formula is C20H13FN2O4. The summed E-state index contributed by atoms with van der Waals surface area (Å²) in [5.41, 5.74) is 1.51. The third-order valence-corrected chi connectivity index (χ3v) is 4.07. The van der Waals surface area contributed by atoms with E-state index in [2.05, 4.69) is 10.1 Å². The third-order valence-electron chi connectivity index (χ3n) is 4.07. The second kappa shape index (κ2) is 6.87. The van der Waals surface area contributed by atoms with Crippen molar-refractivity contribution < 1.29 is 23.2 Å². The summed E-state index contributed by atoms with van der Waals surface area (Å²) in [6, 6.07) is 14.7. The number of hydrogen-bond donors (Lipinski definition) is 1. The van der Waals surface area contributed by atoms with Gasteiger partial charge in [-0.25, -0.2) is 9.18 Å². The van der Waals surface area contributed by atoms with E-state index in [-0.39, 0.29) is 29.2 Å². The van der Waals surface area contributed by atoms with Crippen LogP contribution < -0.4 is 0 Å². The van der Waals surface area contributed by atoms with E-state index in [1.54, 1.807) is 36.4 Å². The number of ether oxygens (including phenoxy) is 1. The summed E-state index contributed by atoms with van der Waals surface area (Å²) in [6.07, 6.45) is 1.47. The Hall–Kier alpha value is -3.74. The zero-order chi connectivity index (χ0) is 18.8. The van der Waals surface area contributed by atoms with Gasteiger partial charge in [-0.1, -0.05) is 35.5 Å². The van der Waals surface area contributed by atoms with Gasteiger partial charge >= 0.3 is 5.97 Å². The largest absolute Gasteiger partial charge is 0.453 e. The van der Waals surface area contributed by atoms with Crippen LogP contribution in [0.5, 0.6) is 0 Å². The monoisotopic (exact) mass is 364 g/mol. The van der Waals surface area contributed by atoms with Crippen molar-refractivity contribution in [2.24, 2.45) is 0 Å². The predicted octanol–water partition coefficient (Wildman–Crippen LogP) is 3.89. The lowest BCUT2D eigenvalue weighted by Gasteiger charge is -2.01. The molecule has 6 nitrogen and oxygen atoms in total. The molecule has 0 amide bonds. The van der Waals surface area contributed by atoms with Gasteiger partial charge in [0.15, 0.2) is 5.76 Å². The summed E-state index contributed by atoms with van der Waals surface area (Å²) in [6.45, 7) is -0.259. The molecular weight excluding hydrogens is 351 g/mol. The fourth-order valence-corrected chi connectivity index (χ4v) is 2.74. The molecule has 0 aliphatic carbocycles. The molecule has 1 N–H and O–H groups in total. The van der Waals surface area contributed by atoms with Crippen LogP contribution in [0.4, 0.5) is 4.39 Å². The minimum Gasteiger partial charge on any atom is -0.453 e. The zero-order valence-corrected chi connectivity index (χ0v) is 13.9. The van der Waals surface area contributed by atoms with Crippen LogP contribution in [-0.2, 0) is 16.1 Å². The lowest BCUT2D eigenvalue weighted by Crippen LogP contribution is -2.17. The SMILES string of the molecule is O=C(OCc1cc(-c2ccccc2F)on1)C(=O)c1c[nH]c2ccccc12. The van der Waals surface area contributed by atoms with Gasteiger partial charge in [-0.05, 0) is 18.2 Å². The molecule has 0 bridgehead atoms. The average molecular weight is 364 g/mol. The topological polar surface area (TPSA) is 85.2 Å². The molecule has 0 saturated heterocycles. The first-order valence-electron chi connectivity index (χ1n) is 8.11. The van der Waals surface area contributed by atoms with Crippen molar-refractivity contribution in [3.8, 4) is 11.3 Å². The molecule has 2 aromatic carbocycles. The number of esters is 1. The highest BCUT2D eigenvalue weighted by Crippen LogP contribution is 2.23. The first kappa shape index (κ1) is 16.7. The molecule has 0 unspecified atom stereocenters. The van der Waals surface area contributed by atoms with Crippen LogP contribution >= 0.6 is 0 Å². The Kier molecular flexibility index (Phi) is 4.25. The van der Waals surface area contributed by atoms with Crippen LogP contribution in [0.25, 0.3) is 22.2 Å². The number of rotatable bonds is 5. The number of halogens is 1. The van der Waals surface area contributed by atoms with Gasteiger partial charge in [-0.15, -0.1) is 0 Å². The maximum absolute atomic E-state index is 13.8. The van der Waals surface area contributed by atoms with Crippen LogP contribution in [0.2, 0.25) is 0 Å². The lowest BCUT2D eigenvalue weighted by molar-refractivity contribution is -0.139. The molecule has 0 aliphatic rings. The molecule has 134 valence electrons. The number of carbonyl (C=O) groups is 2. The number of aromatic amines is 1. The Balaban J connectivity index is 1.45. The normalized spacial score (nSPS) is 10.9. The van der Waals surface area contributed by atoms with Gasteiger partial charge < -0.3 is 14.2 Å². The third kappa shape index (κ3) is 3.22. The van der Waals surface area contributed by atoms with E-state index in [0.29, 0.717) is 5.39 Å². The lowest BCUT2D eigenvalue weighted by atomic mass is 10.1. The number of H-pyrrole nitrogens is 1. The van der Waals surface area contributed by atoms with Gasteiger partial charge in [0.05, 0.1) is 11.1 Å². The van der Waals surface area contributed by atoms with Gasteiger partial charge in [0.25, 0.3) is 5.78 Å². The molecule has 0 aliphatic heterocycles. The molecule has 0 saturated carbocycles. The van der Waals surface area contributed by atoms with Crippen molar-refractivity contribution in [1.29, 1.82) is 0 Å². The van der Waals surface area contributed by atoms with E-state index in [1.165, 1.54) is 18.3 Å². The van der Waals surface area contributed by atoms with E-state index in [0.717, 1.165) is 5.52 Å². The van der Waals surface area contributed by atoms with E-state index in [4.69, 9.17) is 9.26 Å². The molecule has 7 heteroatoms. The number of Topliss-reactive ketones (excluding diaryl/α,β-unsaturated/α-hetero) is 1. The van der Waals surface area contributed by atoms with E-state index >= 15 is 0 Å². The van der Waals surface area contributed by atoms with Crippen LogP contribution in [0.1, 0.15) is 16.1 Å². The Morgan fingerprint density at radius 3 is 2.74 bits per heavy atom. The van der Waals surface area contributed by atoms with Gasteiger partial charge in [0, 0.05) is 23.2 Å². The summed E-state index contributed by atoms with van der Waals surface area (Å²) in [7, 11) is 0. The van der Waals surface area contributed by atoms with Gasteiger partial charge in [-0.3, -0.25) is 4.79 Å². The summed E-state index contributed by atoms with van der Waals surface area (Å²) in [5.74, 6) is -2.01. The number of hydrogen-bond acceptors (Lipinski definition) is 5. The van der Waals surface area contributed by atoms with Crippen LogP contribution in [0.15, 0.2) is 65.3 Å². The van der Waals surface area contributed by atoms with Gasteiger partial charge in [0.1, 0.15) is 18.1 Å². The molecule has 0 fully saturated rings. The molecule has 4 aromatic rings. The van der Waals surface area contributed by atoms with Crippen molar-refractivity contribution in [3.05, 3.63) is 77.9 Å². The van der Waals surface area contributed by atoms with Crippen LogP contribution in [0.3, 0.4) is 0 Å². The molecule has 4 rings (SSSR count). The number of ketones is 1. The van der Waals surface area contributed by atoms with E-state index in [9.17, 15) is 14.0 Å². The van der Waals surface area contributed by atoms with Crippen molar-refractivity contribution in [2.45, 2.75) is 6.61 Å². The first-order valence-corrected chi connectivity index (χ1v) is 8.11. The number of para-hydroxylation sites is 1. The van der Waals surface area contributed by atoms with E-state index < -0.39 is 17.6 Å². The number of benzene rings is 2. The van der Waals surface area contributed by atoms with E-state index in [1.807, 2.05) is 6.07 Å². The second-order valence-electron chi connectivity index (χ2n) is 5.82. The molecule has 27 heavy (non-hydrogen) atoms. The van der Waals surface area contributed by atoms with Crippen LogP contribution in [-0.4, -0.2) is 21.9 Å². The minimum absolute atomic E-state index is 0.210. The maximum atomic E-state index is 13.8. The fraction of sp³-hybridized carbons (Fsp3) is 0.0500. The Morgan fingerprint density at radius 2 is 1.89 bits per heavy atom. The highest BCUT2D eigenvalue weighted by Gasteiger charge is 2.22. The summed E-state index contributed by atoms with van der Waals surface area (Å²) in [4.78, 5) is 27.3. The summed E-state index contributed by atoms with van der Waals surface area (Å²) in [5, 5.41) is 4.38.